The van der Waals surface area contributed by atoms with E-state index < -0.39 is 0 Å². The SMILES string of the molecule is CCn1c(SCC(=O)N/N=C/c2ccc(C(C)C)cc2)nnc1-c1ccc(C)cc1. The summed E-state index contributed by atoms with van der Waals surface area (Å²) in [6.07, 6.45) is 1.65. The van der Waals surface area contributed by atoms with Crippen LogP contribution in [-0.4, -0.2) is 32.6 Å². The third kappa shape index (κ3) is 5.57. The van der Waals surface area contributed by atoms with Crippen LogP contribution in [0.2, 0.25) is 0 Å². The maximum absolute atomic E-state index is 12.2. The first-order chi connectivity index (χ1) is 14.5. The van der Waals surface area contributed by atoms with Crippen molar-refractivity contribution in [2.45, 2.75) is 45.3 Å². The molecule has 0 unspecified atom stereocenters. The highest BCUT2D eigenvalue weighted by molar-refractivity contribution is 7.99. The Morgan fingerprint density at radius 2 is 1.83 bits per heavy atom. The number of hydrogen-bond acceptors (Lipinski definition) is 5. The summed E-state index contributed by atoms with van der Waals surface area (Å²) < 4.78 is 2.02. The Kier molecular flexibility index (Phi) is 7.41. The first-order valence-electron chi connectivity index (χ1n) is 10.0. The van der Waals surface area contributed by atoms with Crippen molar-refractivity contribution >= 4 is 23.9 Å². The highest BCUT2D eigenvalue weighted by atomic mass is 32.2. The molecule has 0 atom stereocenters. The van der Waals surface area contributed by atoms with Crippen molar-refractivity contribution in [3.05, 3.63) is 65.2 Å². The monoisotopic (exact) mass is 421 g/mol. The van der Waals surface area contributed by atoms with Gasteiger partial charge in [-0.3, -0.25) is 4.79 Å². The number of hydrazone groups is 1. The molecule has 3 rings (SSSR count). The number of rotatable bonds is 8. The molecule has 7 heteroatoms. The molecule has 0 fully saturated rings. The molecule has 6 nitrogen and oxygen atoms in total. The van der Waals surface area contributed by atoms with Crippen molar-refractivity contribution in [3.63, 3.8) is 0 Å². The highest BCUT2D eigenvalue weighted by Crippen LogP contribution is 2.24. The second-order valence-electron chi connectivity index (χ2n) is 7.32. The van der Waals surface area contributed by atoms with Crippen molar-refractivity contribution in [3.8, 4) is 11.4 Å². The zero-order valence-electron chi connectivity index (χ0n) is 17.8. The standard InChI is InChI=1S/C23H27N5OS/c1-5-28-22(20-10-6-17(4)7-11-20)26-27-23(28)30-15-21(29)25-24-14-18-8-12-19(13-9-18)16(2)3/h6-14,16H,5,15H2,1-4H3,(H,25,29)/b24-14+. The summed E-state index contributed by atoms with van der Waals surface area (Å²) in [5, 5.41) is 13.4. The zero-order valence-corrected chi connectivity index (χ0v) is 18.6. The Bertz CT molecular complexity index is 1010. The van der Waals surface area contributed by atoms with Crippen LogP contribution in [0.1, 0.15) is 43.4 Å². The van der Waals surface area contributed by atoms with Gasteiger partial charge in [-0.1, -0.05) is 79.7 Å². The van der Waals surface area contributed by atoms with Crippen molar-refractivity contribution < 1.29 is 4.79 Å². The maximum atomic E-state index is 12.2. The quantitative estimate of drug-likeness (QED) is 0.327. The van der Waals surface area contributed by atoms with Gasteiger partial charge in [0.15, 0.2) is 11.0 Å². The molecule has 0 radical (unpaired) electrons. The molecular weight excluding hydrogens is 394 g/mol. The highest BCUT2D eigenvalue weighted by Gasteiger charge is 2.14. The third-order valence-corrected chi connectivity index (χ3v) is 5.65. The van der Waals surface area contributed by atoms with Gasteiger partial charge in [0, 0.05) is 12.1 Å². The summed E-state index contributed by atoms with van der Waals surface area (Å²) >= 11 is 1.35. The molecule has 2 aromatic carbocycles. The lowest BCUT2D eigenvalue weighted by Gasteiger charge is -2.07. The van der Waals surface area contributed by atoms with Crippen molar-refractivity contribution in [1.82, 2.24) is 20.2 Å². The van der Waals surface area contributed by atoms with E-state index in [0.29, 0.717) is 5.92 Å². The fourth-order valence-corrected chi connectivity index (χ4v) is 3.70. The van der Waals surface area contributed by atoms with E-state index in [1.54, 1.807) is 6.21 Å². The van der Waals surface area contributed by atoms with Crippen LogP contribution in [0.4, 0.5) is 0 Å². The van der Waals surface area contributed by atoms with Gasteiger partial charge < -0.3 is 4.57 Å². The summed E-state index contributed by atoms with van der Waals surface area (Å²) in [5.74, 6) is 1.33. The Balaban J connectivity index is 1.56. The van der Waals surface area contributed by atoms with E-state index in [1.807, 2.05) is 35.8 Å². The number of carbonyl (C=O) groups is 1. The molecule has 0 saturated heterocycles. The fraction of sp³-hybridized carbons (Fsp3) is 0.304. The molecule has 0 aliphatic rings. The number of hydrogen-bond donors (Lipinski definition) is 1. The van der Waals surface area contributed by atoms with E-state index in [0.717, 1.165) is 28.7 Å². The van der Waals surface area contributed by atoms with Crippen molar-refractivity contribution in [1.29, 1.82) is 0 Å². The van der Waals surface area contributed by atoms with Crippen molar-refractivity contribution in [2.75, 3.05) is 5.75 Å². The number of carbonyl (C=O) groups excluding carboxylic acids is 1. The molecule has 0 aliphatic heterocycles. The van der Waals surface area contributed by atoms with Gasteiger partial charge in [-0.2, -0.15) is 5.10 Å². The number of benzene rings is 2. The van der Waals surface area contributed by atoms with E-state index in [9.17, 15) is 4.79 Å². The van der Waals surface area contributed by atoms with Gasteiger partial charge in [0.05, 0.1) is 12.0 Å². The molecule has 3 aromatic rings. The molecule has 1 heterocycles. The summed E-state index contributed by atoms with van der Waals surface area (Å²) in [6, 6.07) is 16.3. The number of amides is 1. The molecule has 156 valence electrons. The lowest BCUT2D eigenvalue weighted by molar-refractivity contribution is -0.118. The van der Waals surface area contributed by atoms with Gasteiger partial charge in [0.25, 0.3) is 5.91 Å². The van der Waals surface area contributed by atoms with E-state index in [-0.39, 0.29) is 11.7 Å². The summed E-state index contributed by atoms with van der Waals surface area (Å²) in [5.41, 5.74) is 7.01. The minimum atomic E-state index is -0.183. The van der Waals surface area contributed by atoms with Gasteiger partial charge in [0.2, 0.25) is 0 Å². The van der Waals surface area contributed by atoms with E-state index in [4.69, 9.17) is 0 Å². The second-order valence-corrected chi connectivity index (χ2v) is 8.26. The van der Waals surface area contributed by atoms with Gasteiger partial charge in [-0.15, -0.1) is 10.2 Å². The van der Waals surface area contributed by atoms with Crippen LogP contribution in [0.5, 0.6) is 0 Å². The van der Waals surface area contributed by atoms with E-state index in [1.165, 1.54) is 22.9 Å². The normalized spacial score (nSPS) is 11.4. The van der Waals surface area contributed by atoms with Crippen LogP contribution in [0.15, 0.2) is 58.8 Å². The minimum Gasteiger partial charge on any atom is -0.302 e. The average molecular weight is 422 g/mol. The minimum absolute atomic E-state index is 0.183. The summed E-state index contributed by atoms with van der Waals surface area (Å²) in [6.45, 7) is 9.14. The lowest BCUT2D eigenvalue weighted by Crippen LogP contribution is -2.20. The molecule has 30 heavy (non-hydrogen) atoms. The number of nitrogens with zero attached hydrogens (tertiary/aromatic N) is 4. The second kappa shape index (κ2) is 10.2. The van der Waals surface area contributed by atoms with Gasteiger partial charge in [0.1, 0.15) is 0 Å². The molecule has 0 saturated carbocycles. The summed E-state index contributed by atoms with van der Waals surface area (Å²) in [7, 11) is 0. The van der Waals surface area contributed by atoms with Crippen molar-refractivity contribution in [2.24, 2.45) is 5.10 Å². The number of nitrogens with one attached hydrogen (secondary N) is 1. The van der Waals surface area contributed by atoms with Gasteiger partial charge in [-0.25, -0.2) is 5.43 Å². The summed E-state index contributed by atoms with van der Waals surface area (Å²) in [4.78, 5) is 12.2. The molecular formula is C23H27N5OS. The predicted molar refractivity (Wildman–Crippen MR) is 123 cm³/mol. The molecule has 0 bridgehead atoms. The molecule has 1 amide bonds. The zero-order chi connectivity index (χ0) is 21.5. The first kappa shape index (κ1) is 21.8. The van der Waals surface area contributed by atoms with Gasteiger partial charge >= 0.3 is 0 Å². The third-order valence-electron chi connectivity index (χ3n) is 4.68. The molecule has 1 aromatic heterocycles. The topological polar surface area (TPSA) is 72.2 Å². The van der Waals surface area contributed by atoms with Crippen LogP contribution >= 0.6 is 11.8 Å². The van der Waals surface area contributed by atoms with Crippen LogP contribution in [-0.2, 0) is 11.3 Å². The van der Waals surface area contributed by atoms with Crippen LogP contribution in [0.25, 0.3) is 11.4 Å². The Hall–Kier alpha value is -2.93. The number of aryl methyl sites for hydroxylation is 1. The largest absolute Gasteiger partial charge is 0.302 e. The van der Waals surface area contributed by atoms with E-state index in [2.05, 4.69) is 65.8 Å². The number of aromatic nitrogens is 3. The molecule has 0 aliphatic carbocycles. The molecule has 1 N–H and O–H groups in total. The Morgan fingerprint density at radius 3 is 2.47 bits per heavy atom. The Morgan fingerprint density at radius 1 is 1.13 bits per heavy atom. The smallest absolute Gasteiger partial charge is 0.250 e. The van der Waals surface area contributed by atoms with Gasteiger partial charge in [-0.05, 0) is 30.9 Å². The average Bonchev–Trinajstić information content (AvgIpc) is 3.16. The van der Waals surface area contributed by atoms with Crippen LogP contribution < -0.4 is 5.43 Å². The lowest BCUT2D eigenvalue weighted by atomic mass is 10.0. The maximum Gasteiger partial charge on any atom is 0.250 e. The molecule has 0 spiro atoms. The fourth-order valence-electron chi connectivity index (χ4n) is 2.90. The first-order valence-corrected chi connectivity index (χ1v) is 11.0. The predicted octanol–water partition coefficient (Wildman–Crippen LogP) is 4.64. The number of thioether (sulfide) groups is 1. The Labute approximate surface area is 181 Å². The van der Waals surface area contributed by atoms with E-state index >= 15 is 0 Å². The van der Waals surface area contributed by atoms with Crippen LogP contribution in [0, 0.1) is 6.92 Å². The van der Waals surface area contributed by atoms with Crippen LogP contribution in [0.3, 0.4) is 0 Å².